The first-order valence-electron chi connectivity index (χ1n) is 2.94. The molecule has 1 nitrogen and oxygen atoms in total. The van der Waals surface area contributed by atoms with Gasteiger partial charge >= 0.3 is 0 Å². The van der Waals surface area contributed by atoms with Crippen molar-refractivity contribution < 1.29 is 0 Å². The van der Waals surface area contributed by atoms with Crippen molar-refractivity contribution in [2.24, 2.45) is 0 Å². The van der Waals surface area contributed by atoms with Crippen LogP contribution in [0.4, 0.5) is 0 Å². The monoisotopic (exact) mass is 145 g/mol. The molecule has 0 aliphatic carbocycles. The zero-order chi connectivity index (χ0) is 7.11. The van der Waals surface area contributed by atoms with Crippen LogP contribution in [0.3, 0.4) is 0 Å². The Morgan fingerprint density at radius 3 is 2.78 bits per heavy atom. The Hall–Kier alpha value is -0.270. The van der Waals surface area contributed by atoms with Crippen LogP contribution >= 0.6 is 11.6 Å². The molecule has 52 valence electrons. The van der Waals surface area contributed by atoms with Gasteiger partial charge in [0.25, 0.3) is 0 Å². The van der Waals surface area contributed by atoms with Crippen molar-refractivity contribution in [1.29, 1.82) is 0 Å². The molecule has 0 amide bonds. The van der Waals surface area contributed by atoms with Gasteiger partial charge in [-0.1, -0.05) is 23.8 Å². The molecule has 0 saturated carbocycles. The van der Waals surface area contributed by atoms with E-state index in [1.165, 1.54) is 0 Å². The third-order valence-corrected chi connectivity index (χ3v) is 1.22. The van der Waals surface area contributed by atoms with Crippen LogP contribution in [0.15, 0.2) is 23.3 Å². The van der Waals surface area contributed by atoms with E-state index in [0.717, 1.165) is 11.6 Å². The average Bonchev–Trinajstić information content (AvgIpc) is 1.89. The van der Waals surface area contributed by atoms with E-state index in [-0.39, 0.29) is 0 Å². The van der Waals surface area contributed by atoms with Crippen molar-refractivity contribution >= 4 is 11.6 Å². The lowest BCUT2D eigenvalue weighted by atomic mass is 10.4. The molecule has 0 saturated heterocycles. The van der Waals surface area contributed by atoms with Crippen LogP contribution in [0, 0.1) is 0 Å². The Balaban J connectivity index is 3.45. The van der Waals surface area contributed by atoms with Crippen LogP contribution in [0.1, 0.15) is 6.92 Å². The van der Waals surface area contributed by atoms with Gasteiger partial charge in [0.1, 0.15) is 0 Å². The summed E-state index contributed by atoms with van der Waals surface area (Å²) in [6.45, 7) is 2.77. The van der Waals surface area contributed by atoms with Crippen molar-refractivity contribution in [1.82, 2.24) is 5.32 Å². The highest BCUT2D eigenvalue weighted by molar-refractivity contribution is 6.31. The molecule has 0 aromatic carbocycles. The number of likely N-dealkylation sites (N-methyl/N-ethyl adjacent to an activating group) is 1. The molecular weight excluding hydrogens is 134 g/mol. The Labute approximate surface area is 61.4 Å². The van der Waals surface area contributed by atoms with Gasteiger partial charge < -0.3 is 5.32 Å². The van der Waals surface area contributed by atoms with Crippen LogP contribution in [-0.2, 0) is 0 Å². The van der Waals surface area contributed by atoms with Gasteiger partial charge in [0, 0.05) is 11.6 Å². The highest BCUT2D eigenvalue weighted by Gasteiger charge is 1.77. The molecule has 0 fully saturated rings. The first-order chi connectivity index (χ1) is 4.31. The lowest BCUT2D eigenvalue weighted by molar-refractivity contribution is 0.919. The normalized spacial score (nSPS) is 13.0. The topological polar surface area (TPSA) is 12.0 Å². The van der Waals surface area contributed by atoms with Crippen LogP contribution in [0.2, 0.25) is 0 Å². The van der Waals surface area contributed by atoms with Crippen LogP contribution in [0.25, 0.3) is 0 Å². The summed E-state index contributed by atoms with van der Waals surface area (Å²) in [7, 11) is 1.90. The summed E-state index contributed by atoms with van der Waals surface area (Å²) < 4.78 is 0. The standard InChI is InChI=1S/C7H12ClN/c1-3-7(8)5-4-6-9-2/h3-5,9H,6H2,1-2H3/b5-4-,7-3+. The van der Waals surface area contributed by atoms with E-state index >= 15 is 0 Å². The molecule has 1 N–H and O–H groups in total. The second-order valence-electron chi connectivity index (χ2n) is 1.63. The van der Waals surface area contributed by atoms with Crippen molar-refractivity contribution in [3.05, 3.63) is 23.3 Å². The predicted molar refractivity (Wildman–Crippen MR) is 42.7 cm³/mol. The maximum absolute atomic E-state index is 5.65. The van der Waals surface area contributed by atoms with Crippen LogP contribution in [0.5, 0.6) is 0 Å². The minimum atomic E-state index is 0.783. The fourth-order valence-corrected chi connectivity index (χ4v) is 0.475. The quantitative estimate of drug-likeness (QED) is 0.599. The van der Waals surface area contributed by atoms with E-state index in [1.807, 2.05) is 32.2 Å². The lowest BCUT2D eigenvalue weighted by Gasteiger charge is -1.86. The second kappa shape index (κ2) is 5.86. The number of halogens is 1. The van der Waals surface area contributed by atoms with E-state index in [4.69, 9.17) is 11.6 Å². The van der Waals surface area contributed by atoms with Gasteiger partial charge in [-0.2, -0.15) is 0 Å². The minimum Gasteiger partial charge on any atom is -0.316 e. The lowest BCUT2D eigenvalue weighted by Crippen LogP contribution is -2.03. The van der Waals surface area contributed by atoms with Crippen molar-refractivity contribution in [3.63, 3.8) is 0 Å². The number of rotatable bonds is 3. The Bertz CT molecular complexity index is 116. The summed E-state index contributed by atoms with van der Waals surface area (Å²) in [6, 6.07) is 0. The first-order valence-corrected chi connectivity index (χ1v) is 3.32. The summed E-state index contributed by atoms with van der Waals surface area (Å²) in [5.74, 6) is 0. The third kappa shape index (κ3) is 5.60. The van der Waals surface area contributed by atoms with Crippen molar-refractivity contribution in [3.8, 4) is 0 Å². The van der Waals surface area contributed by atoms with E-state index in [0.29, 0.717) is 0 Å². The molecular formula is C7H12ClN. The molecule has 0 unspecified atom stereocenters. The summed E-state index contributed by atoms with van der Waals surface area (Å²) in [6.07, 6.45) is 5.70. The molecule has 0 aliphatic heterocycles. The van der Waals surface area contributed by atoms with Crippen LogP contribution in [-0.4, -0.2) is 13.6 Å². The summed E-state index contributed by atoms with van der Waals surface area (Å²) in [5, 5.41) is 3.76. The number of nitrogens with one attached hydrogen (secondary N) is 1. The van der Waals surface area contributed by atoms with Gasteiger partial charge in [0.15, 0.2) is 0 Å². The molecule has 0 aliphatic rings. The number of allylic oxidation sites excluding steroid dienone is 3. The maximum Gasteiger partial charge on any atom is 0.0360 e. The van der Waals surface area contributed by atoms with Crippen LogP contribution < -0.4 is 5.32 Å². The van der Waals surface area contributed by atoms with E-state index < -0.39 is 0 Å². The maximum atomic E-state index is 5.65. The molecule has 0 spiro atoms. The molecule has 0 rings (SSSR count). The Kier molecular flexibility index (Phi) is 5.68. The van der Waals surface area contributed by atoms with Gasteiger partial charge in [0.2, 0.25) is 0 Å². The minimum absolute atomic E-state index is 0.783. The molecule has 0 bridgehead atoms. The highest BCUT2D eigenvalue weighted by atomic mass is 35.5. The van der Waals surface area contributed by atoms with Crippen molar-refractivity contribution in [2.75, 3.05) is 13.6 Å². The number of hydrogen-bond acceptors (Lipinski definition) is 1. The van der Waals surface area contributed by atoms with E-state index in [2.05, 4.69) is 5.32 Å². The summed E-state index contributed by atoms with van der Waals surface area (Å²) >= 11 is 5.65. The van der Waals surface area contributed by atoms with Gasteiger partial charge in [0.05, 0.1) is 0 Å². The summed E-state index contributed by atoms with van der Waals surface area (Å²) in [5.41, 5.74) is 0. The van der Waals surface area contributed by atoms with Gasteiger partial charge in [-0.15, -0.1) is 0 Å². The molecule has 9 heavy (non-hydrogen) atoms. The smallest absolute Gasteiger partial charge is 0.0360 e. The Morgan fingerprint density at radius 2 is 2.33 bits per heavy atom. The first kappa shape index (κ1) is 8.73. The molecule has 0 heterocycles. The Morgan fingerprint density at radius 1 is 1.67 bits per heavy atom. The van der Waals surface area contributed by atoms with Gasteiger partial charge in [-0.3, -0.25) is 0 Å². The summed E-state index contributed by atoms with van der Waals surface area (Å²) in [4.78, 5) is 0. The largest absolute Gasteiger partial charge is 0.316 e. The molecule has 0 aromatic rings. The number of hydrogen-bond donors (Lipinski definition) is 1. The fourth-order valence-electron chi connectivity index (χ4n) is 0.386. The van der Waals surface area contributed by atoms with Gasteiger partial charge in [-0.25, -0.2) is 0 Å². The third-order valence-electron chi connectivity index (χ3n) is 0.875. The fraction of sp³-hybridized carbons (Fsp3) is 0.429. The second-order valence-corrected chi connectivity index (χ2v) is 2.07. The van der Waals surface area contributed by atoms with Crippen molar-refractivity contribution in [2.45, 2.75) is 6.92 Å². The average molecular weight is 146 g/mol. The zero-order valence-corrected chi connectivity index (χ0v) is 6.57. The highest BCUT2D eigenvalue weighted by Crippen LogP contribution is 2.00. The zero-order valence-electron chi connectivity index (χ0n) is 5.82. The molecule has 2 heteroatoms. The predicted octanol–water partition coefficient (Wildman–Crippen LogP) is 1.90. The van der Waals surface area contributed by atoms with E-state index in [1.54, 1.807) is 0 Å². The molecule has 0 atom stereocenters. The molecule has 0 aromatic heterocycles. The molecule has 0 radical (unpaired) electrons. The van der Waals surface area contributed by atoms with Gasteiger partial charge in [-0.05, 0) is 20.0 Å². The van der Waals surface area contributed by atoms with E-state index in [9.17, 15) is 0 Å². The SMILES string of the molecule is C/C=C(Cl)\C=C/CNC.